The Morgan fingerprint density at radius 2 is 1.76 bits per heavy atom. The summed E-state index contributed by atoms with van der Waals surface area (Å²) >= 11 is 0. The molecule has 0 radical (unpaired) electrons. The van der Waals surface area contributed by atoms with Gasteiger partial charge in [-0.1, -0.05) is 24.9 Å². The van der Waals surface area contributed by atoms with Crippen molar-refractivity contribution in [3.8, 4) is 0 Å². The molecule has 1 aliphatic heterocycles. The second-order valence-corrected chi connectivity index (χ2v) is 6.65. The van der Waals surface area contributed by atoms with Crippen LogP contribution >= 0.6 is 0 Å². The smallest absolute Gasteiger partial charge is 0.400 e. The molecule has 1 saturated carbocycles. The van der Waals surface area contributed by atoms with Crippen molar-refractivity contribution in [2.45, 2.75) is 71.5 Å². The molecule has 0 aromatic carbocycles. The van der Waals surface area contributed by atoms with Gasteiger partial charge in [-0.3, -0.25) is 0 Å². The first-order valence-electron chi connectivity index (χ1n) is 6.85. The van der Waals surface area contributed by atoms with Gasteiger partial charge in [0.2, 0.25) is 0 Å². The largest absolute Gasteiger partial charge is 0.487 e. The van der Waals surface area contributed by atoms with E-state index in [9.17, 15) is 0 Å². The normalized spacial score (nSPS) is 34.3. The van der Waals surface area contributed by atoms with Crippen molar-refractivity contribution in [3.05, 3.63) is 11.5 Å². The van der Waals surface area contributed by atoms with E-state index in [-0.39, 0.29) is 18.3 Å². The molecular weight excluding hydrogens is 211 g/mol. The molecule has 17 heavy (non-hydrogen) atoms. The summed E-state index contributed by atoms with van der Waals surface area (Å²) in [5, 5.41) is 0. The van der Waals surface area contributed by atoms with E-state index in [4.69, 9.17) is 9.31 Å². The number of allylic oxidation sites excluding steroid dienone is 1. The third kappa shape index (κ3) is 2.77. The van der Waals surface area contributed by atoms with Crippen molar-refractivity contribution in [2.24, 2.45) is 5.92 Å². The predicted octanol–water partition coefficient (Wildman–Crippen LogP) is 3.75. The molecule has 2 rings (SSSR count). The van der Waals surface area contributed by atoms with E-state index in [1.807, 2.05) is 0 Å². The predicted molar refractivity (Wildman–Crippen MR) is 71.8 cm³/mol. The van der Waals surface area contributed by atoms with Gasteiger partial charge in [-0.2, -0.15) is 0 Å². The summed E-state index contributed by atoms with van der Waals surface area (Å²) in [4.78, 5) is 0. The van der Waals surface area contributed by atoms with Gasteiger partial charge in [-0.05, 0) is 52.9 Å². The van der Waals surface area contributed by atoms with Crippen LogP contribution < -0.4 is 0 Å². The van der Waals surface area contributed by atoms with Gasteiger partial charge < -0.3 is 9.31 Å². The lowest BCUT2D eigenvalue weighted by atomic mass is 9.79. The van der Waals surface area contributed by atoms with E-state index in [0.717, 1.165) is 5.92 Å². The summed E-state index contributed by atoms with van der Waals surface area (Å²) in [6.45, 7) is 10.8. The van der Waals surface area contributed by atoms with Gasteiger partial charge in [0.1, 0.15) is 0 Å². The van der Waals surface area contributed by atoms with E-state index in [1.165, 1.54) is 31.3 Å². The Hall–Kier alpha value is -0.275. The van der Waals surface area contributed by atoms with Crippen molar-refractivity contribution in [2.75, 3.05) is 0 Å². The standard InChI is InChI=1S/C14H25BO2/c1-11-7-6-8-12(9-11)10-15-16-13(2,3)14(4,5)17-15/h10-11H,6-9H2,1-5H3/b12-10-. The molecule has 1 saturated heterocycles. The summed E-state index contributed by atoms with van der Waals surface area (Å²) < 4.78 is 12.0. The molecule has 0 aromatic heterocycles. The monoisotopic (exact) mass is 236 g/mol. The molecule has 0 amide bonds. The zero-order valence-corrected chi connectivity index (χ0v) is 11.9. The Labute approximate surface area is 106 Å². The maximum atomic E-state index is 6.00. The van der Waals surface area contributed by atoms with Gasteiger partial charge >= 0.3 is 7.12 Å². The molecule has 0 bridgehead atoms. The van der Waals surface area contributed by atoms with Gasteiger partial charge in [0.25, 0.3) is 0 Å². The minimum atomic E-state index is -0.213. The van der Waals surface area contributed by atoms with Gasteiger partial charge in [-0.15, -0.1) is 0 Å². The molecule has 0 spiro atoms. The Kier molecular flexibility index (Phi) is 3.43. The third-order valence-electron chi connectivity index (χ3n) is 4.45. The fourth-order valence-corrected chi connectivity index (χ4v) is 2.63. The number of rotatable bonds is 1. The number of hydrogen-bond acceptors (Lipinski definition) is 2. The molecule has 1 aliphatic carbocycles. The summed E-state index contributed by atoms with van der Waals surface area (Å²) in [6, 6.07) is 0. The van der Waals surface area contributed by atoms with Crippen LogP contribution in [0.15, 0.2) is 11.5 Å². The topological polar surface area (TPSA) is 18.5 Å². The van der Waals surface area contributed by atoms with E-state index >= 15 is 0 Å². The van der Waals surface area contributed by atoms with Crippen LogP contribution in [0.5, 0.6) is 0 Å². The summed E-state index contributed by atoms with van der Waals surface area (Å²) in [5.41, 5.74) is 1.09. The molecule has 3 heteroatoms. The van der Waals surface area contributed by atoms with Crippen LogP contribution in [0, 0.1) is 5.92 Å². The lowest BCUT2D eigenvalue weighted by molar-refractivity contribution is 0.00578. The molecule has 96 valence electrons. The Balaban J connectivity index is 2.04. The maximum Gasteiger partial charge on any atom is 0.487 e. The van der Waals surface area contributed by atoms with E-state index in [2.05, 4.69) is 40.6 Å². The van der Waals surface area contributed by atoms with Crippen molar-refractivity contribution >= 4 is 7.12 Å². The lowest BCUT2D eigenvalue weighted by Crippen LogP contribution is -2.41. The Bertz CT molecular complexity index is 304. The lowest BCUT2D eigenvalue weighted by Gasteiger charge is -2.32. The second kappa shape index (κ2) is 4.44. The van der Waals surface area contributed by atoms with Crippen LogP contribution in [0.3, 0.4) is 0 Å². The Morgan fingerprint density at radius 1 is 1.18 bits per heavy atom. The second-order valence-electron chi connectivity index (χ2n) is 6.65. The summed E-state index contributed by atoms with van der Waals surface area (Å²) in [6.07, 6.45) is 5.10. The molecule has 1 atom stereocenters. The minimum absolute atomic E-state index is 0.153. The molecule has 1 unspecified atom stereocenters. The molecule has 0 N–H and O–H groups in total. The van der Waals surface area contributed by atoms with E-state index < -0.39 is 0 Å². The van der Waals surface area contributed by atoms with Crippen molar-refractivity contribution in [1.29, 1.82) is 0 Å². The van der Waals surface area contributed by atoms with Crippen LogP contribution in [-0.4, -0.2) is 18.3 Å². The molecule has 2 aliphatic rings. The van der Waals surface area contributed by atoms with Crippen LogP contribution in [0.25, 0.3) is 0 Å². The van der Waals surface area contributed by atoms with Crippen LogP contribution in [0.4, 0.5) is 0 Å². The fraction of sp³-hybridized carbons (Fsp3) is 0.857. The van der Waals surface area contributed by atoms with Crippen LogP contribution in [0.1, 0.15) is 60.3 Å². The molecule has 0 aromatic rings. The quantitative estimate of drug-likeness (QED) is 0.645. The minimum Gasteiger partial charge on any atom is -0.400 e. The van der Waals surface area contributed by atoms with Crippen molar-refractivity contribution in [1.82, 2.24) is 0 Å². The third-order valence-corrected chi connectivity index (χ3v) is 4.45. The van der Waals surface area contributed by atoms with Crippen LogP contribution in [-0.2, 0) is 9.31 Å². The molecule has 1 heterocycles. The zero-order valence-electron chi connectivity index (χ0n) is 11.9. The van der Waals surface area contributed by atoms with Gasteiger partial charge in [-0.25, -0.2) is 0 Å². The van der Waals surface area contributed by atoms with E-state index in [1.54, 1.807) is 0 Å². The summed E-state index contributed by atoms with van der Waals surface area (Å²) in [7, 11) is -0.153. The highest BCUT2D eigenvalue weighted by atomic mass is 16.7. The van der Waals surface area contributed by atoms with Crippen molar-refractivity contribution in [3.63, 3.8) is 0 Å². The highest BCUT2D eigenvalue weighted by molar-refractivity contribution is 6.51. The highest BCUT2D eigenvalue weighted by Crippen LogP contribution is 2.38. The molecule has 2 fully saturated rings. The van der Waals surface area contributed by atoms with Crippen molar-refractivity contribution < 1.29 is 9.31 Å². The number of hydrogen-bond donors (Lipinski definition) is 0. The average molecular weight is 236 g/mol. The maximum absolute atomic E-state index is 6.00. The fourth-order valence-electron chi connectivity index (χ4n) is 2.63. The van der Waals surface area contributed by atoms with Gasteiger partial charge in [0.05, 0.1) is 11.2 Å². The molecular formula is C14H25BO2. The zero-order chi connectivity index (χ0) is 12.7. The molecule has 2 nitrogen and oxygen atoms in total. The first-order chi connectivity index (χ1) is 7.80. The summed E-state index contributed by atoms with van der Waals surface area (Å²) in [5.74, 6) is 3.03. The first kappa shape index (κ1) is 13.2. The Morgan fingerprint density at radius 3 is 2.29 bits per heavy atom. The highest BCUT2D eigenvalue weighted by Gasteiger charge is 2.50. The first-order valence-corrected chi connectivity index (χ1v) is 6.85. The average Bonchev–Trinajstić information content (AvgIpc) is 2.34. The van der Waals surface area contributed by atoms with Crippen LogP contribution in [0.2, 0.25) is 0 Å². The van der Waals surface area contributed by atoms with Gasteiger partial charge in [0.15, 0.2) is 0 Å². The van der Waals surface area contributed by atoms with E-state index in [0.29, 0.717) is 0 Å². The SMILES string of the molecule is CC1CCC/C(=C/B2OC(C)(C)C(C)(C)O2)C1. The van der Waals surface area contributed by atoms with Gasteiger partial charge in [0, 0.05) is 0 Å².